The molecule has 186 valence electrons. The molecule has 3 nitrogen and oxygen atoms in total. The van der Waals surface area contributed by atoms with Crippen molar-refractivity contribution in [1.29, 1.82) is 0 Å². The van der Waals surface area contributed by atoms with E-state index in [0.29, 0.717) is 0 Å². The molecular weight excluding hydrogens is 402 g/mol. The number of unbranched alkanes of at least 4 members (excludes halogenated alkanes) is 8. The van der Waals surface area contributed by atoms with Gasteiger partial charge >= 0.3 is 0 Å². The maximum Gasteiger partial charge on any atom is 0.214 e. The Balaban J connectivity index is 2.29. The Bertz CT molecular complexity index is 477. The molecule has 1 saturated carbocycles. The molecule has 1 aliphatic rings. The maximum absolute atomic E-state index is 13.1. The van der Waals surface area contributed by atoms with Gasteiger partial charge in [0.05, 0.1) is 5.25 Å². The van der Waals surface area contributed by atoms with E-state index < -0.39 is 10.0 Å². The van der Waals surface area contributed by atoms with Gasteiger partial charge in [0.15, 0.2) is 0 Å². The maximum atomic E-state index is 13.1. The highest BCUT2D eigenvalue weighted by Gasteiger charge is 2.26. The van der Waals surface area contributed by atoms with Gasteiger partial charge in [0, 0.05) is 6.04 Å². The molecule has 1 unspecified atom stereocenters. The highest BCUT2D eigenvalue weighted by molar-refractivity contribution is 7.90. The Kier molecular flexibility index (Phi) is 18.1. The third kappa shape index (κ3) is 16.2. The molecule has 1 rings (SSSR count). The van der Waals surface area contributed by atoms with E-state index in [2.05, 4.69) is 18.6 Å². The fraction of sp³-hybridized carbons (Fsp3) is 1.00. The zero-order valence-corrected chi connectivity index (χ0v) is 22.0. The Morgan fingerprint density at radius 3 is 1.48 bits per heavy atom. The lowest BCUT2D eigenvalue weighted by atomic mass is 10.0. The van der Waals surface area contributed by atoms with E-state index in [0.717, 1.165) is 38.5 Å². The van der Waals surface area contributed by atoms with Crippen molar-refractivity contribution in [1.82, 2.24) is 4.72 Å². The van der Waals surface area contributed by atoms with Crippen molar-refractivity contribution in [3.63, 3.8) is 0 Å². The summed E-state index contributed by atoms with van der Waals surface area (Å²) >= 11 is 0. The first-order valence-corrected chi connectivity index (χ1v) is 15.6. The molecular formula is C27H55NO2S. The molecule has 31 heavy (non-hydrogen) atoms. The standard InChI is InChI=1S/C27H55NO2S/c1-3-4-5-6-7-11-14-17-20-23-26(2)28-31(29,30)27-24-21-18-15-12-9-8-10-13-16-19-22-25-27/h26-28H,3-25H2,1-2H3. The molecule has 0 bridgehead atoms. The topological polar surface area (TPSA) is 46.2 Å². The van der Waals surface area contributed by atoms with Crippen LogP contribution in [0.2, 0.25) is 0 Å². The molecule has 1 N–H and O–H groups in total. The average molecular weight is 458 g/mol. The highest BCUT2D eigenvalue weighted by atomic mass is 32.2. The van der Waals surface area contributed by atoms with Gasteiger partial charge in [0.25, 0.3) is 0 Å². The predicted octanol–water partition coefficient (Wildman–Crippen LogP) is 8.67. The van der Waals surface area contributed by atoms with E-state index in [1.54, 1.807) is 0 Å². The molecule has 1 atom stereocenters. The molecule has 0 heterocycles. The van der Waals surface area contributed by atoms with Gasteiger partial charge in [-0.3, -0.25) is 0 Å². The van der Waals surface area contributed by atoms with E-state index >= 15 is 0 Å². The fourth-order valence-electron chi connectivity index (χ4n) is 4.99. The summed E-state index contributed by atoms with van der Waals surface area (Å²) in [6.45, 7) is 4.32. The zero-order chi connectivity index (χ0) is 22.6. The first-order chi connectivity index (χ1) is 15.1. The number of nitrogens with one attached hydrogen (secondary N) is 1. The van der Waals surface area contributed by atoms with Gasteiger partial charge in [-0.1, -0.05) is 135 Å². The van der Waals surface area contributed by atoms with Gasteiger partial charge in [-0.05, 0) is 26.2 Å². The molecule has 0 aromatic carbocycles. The first kappa shape index (κ1) is 28.9. The summed E-state index contributed by atoms with van der Waals surface area (Å²) in [7, 11) is -3.20. The molecule has 0 aliphatic heterocycles. The summed E-state index contributed by atoms with van der Waals surface area (Å²) in [6, 6.07) is 0.0719. The van der Waals surface area contributed by atoms with E-state index in [4.69, 9.17) is 0 Å². The average Bonchev–Trinajstić information content (AvgIpc) is 2.73. The van der Waals surface area contributed by atoms with Crippen LogP contribution in [-0.2, 0) is 10.0 Å². The smallest absolute Gasteiger partial charge is 0.212 e. The SMILES string of the molecule is CCCCCCCCCCCC(C)NS(=O)(=O)C1CCCCCCCCCCCCC1. The second-order valence-corrected chi connectivity index (χ2v) is 12.3. The molecule has 1 aliphatic carbocycles. The molecule has 0 radical (unpaired) electrons. The second-order valence-electron chi connectivity index (χ2n) is 10.3. The number of hydrogen-bond donors (Lipinski definition) is 1. The highest BCUT2D eigenvalue weighted by Crippen LogP contribution is 2.21. The Hall–Kier alpha value is -0.0900. The number of rotatable bonds is 13. The van der Waals surface area contributed by atoms with Crippen LogP contribution in [0.3, 0.4) is 0 Å². The van der Waals surface area contributed by atoms with Crippen molar-refractivity contribution >= 4 is 10.0 Å². The lowest BCUT2D eigenvalue weighted by molar-refractivity contribution is 0.476. The van der Waals surface area contributed by atoms with Gasteiger partial charge < -0.3 is 0 Å². The van der Waals surface area contributed by atoms with Gasteiger partial charge in [-0.25, -0.2) is 13.1 Å². The molecule has 0 saturated heterocycles. The van der Waals surface area contributed by atoms with Crippen LogP contribution in [0, 0.1) is 0 Å². The molecule has 0 aromatic rings. The third-order valence-electron chi connectivity index (χ3n) is 7.10. The number of hydrogen-bond acceptors (Lipinski definition) is 2. The quantitative estimate of drug-likeness (QED) is 0.281. The van der Waals surface area contributed by atoms with Gasteiger partial charge in [0.1, 0.15) is 0 Å². The summed E-state index contributed by atoms with van der Waals surface area (Å²) in [4.78, 5) is 0. The van der Waals surface area contributed by atoms with Gasteiger partial charge in [0.2, 0.25) is 10.0 Å². The molecule has 1 fully saturated rings. The van der Waals surface area contributed by atoms with Crippen molar-refractivity contribution < 1.29 is 8.42 Å². The molecule has 4 heteroatoms. The van der Waals surface area contributed by atoms with Crippen molar-refractivity contribution in [3.8, 4) is 0 Å². The van der Waals surface area contributed by atoms with Crippen molar-refractivity contribution in [3.05, 3.63) is 0 Å². The number of sulfonamides is 1. The lowest BCUT2D eigenvalue weighted by Gasteiger charge is -2.22. The van der Waals surface area contributed by atoms with Crippen molar-refractivity contribution in [2.75, 3.05) is 0 Å². The largest absolute Gasteiger partial charge is 0.214 e. The molecule has 0 spiro atoms. The van der Waals surface area contributed by atoms with Crippen LogP contribution in [0.5, 0.6) is 0 Å². The van der Waals surface area contributed by atoms with Crippen LogP contribution in [0.4, 0.5) is 0 Å². The monoisotopic (exact) mass is 457 g/mol. The van der Waals surface area contributed by atoms with Crippen LogP contribution >= 0.6 is 0 Å². The van der Waals surface area contributed by atoms with Crippen LogP contribution in [0.1, 0.15) is 162 Å². The summed E-state index contributed by atoms with van der Waals surface area (Å²) < 4.78 is 29.2. The van der Waals surface area contributed by atoms with Gasteiger partial charge in [-0.15, -0.1) is 0 Å². The Morgan fingerprint density at radius 1 is 0.645 bits per heavy atom. The minimum atomic E-state index is -3.20. The summed E-state index contributed by atoms with van der Waals surface area (Å²) in [5, 5.41) is -0.180. The van der Waals surface area contributed by atoms with Crippen LogP contribution in [0.25, 0.3) is 0 Å². The minimum Gasteiger partial charge on any atom is -0.212 e. The van der Waals surface area contributed by atoms with Gasteiger partial charge in [-0.2, -0.15) is 0 Å². The Morgan fingerprint density at radius 2 is 1.03 bits per heavy atom. The van der Waals surface area contributed by atoms with Crippen LogP contribution in [-0.4, -0.2) is 19.7 Å². The van der Waals surface area contributed by atoms with E-state index in [-0.39, 0.29) is 11.3 Å². The summed E-state index contributed by atoms with van der Waals surface area (Å²) in [5.41, 5.74) is 0. The normalized spacial score (nSPS) is 19.7. The fourth-order valence-corrected chi connectivity index (χ4v) is 6.81. The zero-order valence-electron chi connectivity index (χ0n) is 21.1. The van der Waals surface area contributed by atoms with Crippen molar-refractivity contribution in [2.24, 2.45) is 0 Å². The molecule has 0 aromatic heterocycles. The van der Waals surface area contributed by atoms with E-state index in [1.807, 2.05) is 0 Å². The Labute approximate surface area is 196 Å². The summed E-state index contributed by atoms with van der Waals surface area (Å²) in [6.07, 6.45) is 28.3. The summed E-state index contributed by atoms with van der Waals surface area (Å²) in [5.74, 6) is 0. The minimum absolute atomic E-state index is 0.0719. The van der Waals surface area contributed by atoms with E-state index in [9.17, 15) is 8.42 Å². The third-order valence-corrected chi connectivity index (χ3v) is 9.18. The molecule has 0 amide bonds. The van der Waals surface area contributed by atoms with Crippen LogP contribution < -0.4 is 4.72 Å². The second kappa shape index (κ2) is 19.4. The lowest BCUT2D eigenvalue weighted by Crippen LogP contribution is -2.39. The van der Waals surface area contributed by atoms with Crippen molar-refractivity contribution in [2.45, 2.75) is 173 Å². The van der Waals surface area contributed by atoms with E-state index in [1.165, 1.54) is 109 Å². The van der Waals surface area contributed by atoms with Crippen LogP contribution in [0.15, 0.2) is 0 Å². The first-order valence-electron chi connectivity index (χ1n) is 14.1. The predicted molar refractivity (Wildman–Crippen MR) is 137 cm³/mol.